The third-order valence-electron chi connectivity index (χ3n) is 12.9. The second-order valence-corrected chi connectivity index (χ2v) is 19.0. The van der Waals surface area contributed by atoms with Gasteiger partial charge in [-0.15, -0.1) is 106 Å². The van der Waals surface area contributed by atoms with Crippen LogP contribution in [0.2, 0.25) is 0 Å². The fourth-order valence-electron chi connectivity index (χ4n) is 6.84. The summed E-state index contributed by atoms with van der Waals surface area (Å²) in [5.74, 6) is 0. The maximum Gasteiger partial charge on any atom is 3.00 e. The Bertz CT molecular complexity index is 2150. The molecule has 0 atom stereocenters. The first-order valence-corrected chi connectivity index (χ1v) is 21.5. The van der Waals surface area contributed by atoms with E-state index in [4.69, 9.17) is 27.9 Å². The number of hydrogen-bond acceptors (Lipinski definition) is 9. The molecule has 3 saturated heterocycles. The van der Waals surface area contributed by atoms with Gasteiger partial charge in [-0.2, -0.15) is 0 Å². The summed E-state index contributed by atoms with van der Waals surface area (Å²) in [6.07, 6.45) is 5.35. The summed E-state index contributed by atoms with van der Waals surface area (Å²) in [4.78, 5) is 13.1. The van der Waals surface area contributed by atoms with E-state index >= 15 is 0 Å². The first-order chi connectivity index (χ1) is 29.7. The van der Waals surface area contributed by atoms with Crippen molar-refractivity contribution in [2.75, 3.05) is 0 Å². The molecule has 0 aliphatic carbocycles. The van der Waals surface area contributed by atoms with E-state index in [1.54, 1.807) is 18.6 Å². The summed E-state index contributed by atoms with van der Waals surface area (Å²) in [5.41, 5.74) is 6.53. The van der Waals surface area contributed by atoms with Crippen molar-refractivity contribution in [2.24, 2.45) is 0 Å². The molecule has 6 heterocycles. The van der Waals surface area contributed by atoms with Crippen molar-refractivity contribution in [3.63, 3.8) is 0 Å². The van der Waals surface area contributed by atoms with Crippen molar-refractivity contribution < 1.29 is 48.0 Å². The molecule has 0 radical (unpaired) electrons. The molecule has 3 aliphatic rings. The van der Waals surface area contributed by atoms with E-state index in [-0.39, 0.29) is 75.1 Å². The smallest absolute Gasteiger partial charge is 0.400 e. The van der Waals surface area contributed by atoms with Crippen molar-refractivity contribution in [1.29, 1.82) is 0 Å². The number of aromatic nitrogens is 3. The van der Waals surface area contributed by atoms with Crippen LogP contribution in [0.3, 0.4) is 0 Å². The largest absolute Gasteiger partial charge is 3.00 e. The molecule has 3 aliphatic heterocycles. The van der Waals surface area contributed by atoms with Crippen LogP contribution in [0.4, 0.5) is 0 Å². The SMILES string of the molecule is CC1(C)OB(c2cc[c-]c(-c3ccccn3)c2)OC1(C)C.CC1(C)OB(c2cc[c-]c(-c3ccccn3)c2)OC1(C)C.CC1(C)OB(c2cc[c-]c(-c3ccccn3)c2)OC1(C)C.[Ir+3]. The molecule has 6 aromatic rings. The molecule has 0 saturated carbocycles. The molecule has 9 rings (SSSR count). The van der Waals surface area contributed by atoms with Gasteiger partial charge in [0.15, 0.2) is 0 Å². The summed E-state index contributed by atoms with van der Waals surface area (Å²) in [6.45, 7) is 24.7. The summed E-state index contributed by atoms with van der Waals surface area (Å²) in [6, 6.07) is 44.9. The molecular formula is C51H57B3IrN3O6. The second-order valence-electron chi connectivity index (χ2n) is 19.0. The minimum Gasteiger partial charge on any atom is -0.400 e. The predicted octanol–water partition coefficient (Wildman–Crippen LogP) is 8.54. The number of nitrogens with zero attached hydrogens (tertiary/aromatic N) is 3. The molecule has 3 aromatic carbocycles. The van der Waals surface area contributed by atoms with Crippen LogP contribution in [-0.2, 0) is 48.0 Å². The second kappa shape index (κ2) is 19.3. The first kappa shape index (κ1) is 49.2. The molecule has 3 fully saturated rings. The Labute approximate surface area is 395 Å². The Balaban J connectivity index is 0.000000158. The van der Waals surface area contributed by atoms with Gasteiger partial charge in [-0.1, -0.05) is 36.4 Å². The number of benzene rings is 3. The van der Waals surface area contributed by atoms with Gasteiger partial charge in [-0.3, -0.25) is 0 Å². The Hall–Kier alpha value is -4.29. The summed E-state index contributed by atoms with van der Waals surface area (Å²) in [5, 5.41) is 0. The summed E-state index contributed by atoms with van der Waals surface area (Å²) >= 11 is 0. The van der Waals surface area contributed by atoms with E-state index in [0.29, 0.717) is 0 Å². The van der Waals surface area contributed by atoms with Gasteiger partial charge in [0.05, 0.1) is 33.6 Å². The van der Waals surface area contributed by atoms with Crippen molar-refractivity contribution in [3.05, 3.63) is 146 Å². The predicted molar refractivity (Wildman–Crippen MR) is 253 cm³/mol. The van der Waals surface area contributed by atoms with Crippen LogP contribution in [0.15, 0.2) is 128 Å². The maximum absolute atomic E-state index is 6.08. The van der Waals surface area contributed by atoms with Crippen molar-refractivity contribution >= 4 is 37.7 Å². The molecule has 64 heavy (non-hydrogen) atoms. The molecule has 0 spiro atoms. The minimum atomic E-state index is -0.355. The van der Waals surface area contributed by atoms with Gasteiger partial charge in [0.2, 0.25) is 0 Å². The van der Waals surface area contributed by atoms with E-state index in [9.17, 15) is 0 Å². The zero-order valence-electron chi connectivity index (χ0n) is 39.0. The van der Waals surface area contributed by atoms with Gasteiger partial charge in [0, 0.05) is 18.6 Å². The minimum absolute atomic E-state index is 0. The van der Waals surface area contributed by atoms with E-state index in [1.165, 1.54) is 0 Å². The molecule has 9 nitrogen and oxygen atoms in total. The van der Waals surface area contributed by atoms with Gasteiger partial charge in [0.25, 0.3) is 0 Å². The number of rotatable bonds is 6. The molecule has 3 aromatic heterocycles. The van der Waals surface area contributed by atoms with Gasteiger partial charge in [0.1, 0.15) is 0 Å². The van der Waals surface area contributed by atoms with Crippen LogP contribution in [0.25, 0.3) is 33.8 Å². The van der Waals surface area contributed by atoms with Gasteiger partial charge in [-0.25, -0.2) is 0 Å². The molecule has 330 valence electrons. The van der Waals surface area contributed by atoms with Crippen LogP contribution in [0.5, 0.6) is 0 Å². The van der Waals surface area contributed by atoms with Crippen LogP contribution in [-0.4, -0.2) is 69.9 Å². The monoisotopic (exact) mass is 1030 g/mol. The van der Waals surface area contributed by atoms with Crippen molar-refractivity contribution in [2.45, 2.75) is 117 Å². The van der Waals surface area contributed by atoms with E-state index in [2.05, 4.69) is 116 Å². The van der Waals surface area contributed by atoms with Gasteiger partial charge < -0.3 is 42.9 Å². The quantitative estimate of drug-likeness (QED) is 0.120. The average Bonchev–Trinajstić information content (AvgIpc) is 3.74. The van der Waals surface area contributed by atoms with Crippen molar-refractivity contribution in [3.8, 4) is 33.8 Å². The standard InChI is InChI=1S/3C17H19BNO2.Ir/c3*1-16(2)17(3,4)21-18(20-16)14-9-7-8-13(12-14)15-10-5-6-11-19-15;/h3*5-7,9-12H,1-4H3;/q3*-1;+3. The molecule has 0 bridgehead atoms. The molecule has 0 unspecified atom stereocenters. The fraction of sp³-hybridized carbons (Fsp3) is 0.353. The molecular weight excluding hydrogens is 975 g/mol. The Kier molecular flexibility index (Phi) is 14.8. The van der Waals surface area contributed by atoms with Gasteiger partial charge in [-0.05, 0) is 118 Å². The average molecular weight is 1030 g/mol. The van der Waals surface area contributed by atoms with Crippen LogP contribution in [0.1, 0.15) is 83.1 Å². The van der Waals surface area contributed by atoms with Crippen LogP contribution in [0, 0.1) is 18.2 Å². The third-order valence-corrected chi connectivity index (χ3v) is 12.9. The molecule has 13 heteroatoms. The van der Waals surface area contributed by atoms with Crippen molar-refractivity contribution in [1.82, 2.24) is 15.0 Å². The van der Waals surface area contributed by atoms with E-state index in [0.717, 1.165) is 50.2 Å². The Morgan fingerprint density at radius 2 is 0.594 bits per heavy atom. The normalized spacial score (nSPS) is 19.4. The first-order valence-electron chi connectivity index (χ1n) is 21.5. The molecule has 0 N–H and O–H groups in total. The Morgan fingerprint density at radius 3 is 0.797 bits per heavy atom. The molecule has 0 amide bonds. The van der Waals surface area contributed by atoms with Crippen LogP contribution < -0.4 is 16.4 Å². The maximum atomic E-state index is 6.08. The topological polar surface area (TPSA) is 94.1 Å². The zero-order valence-corrected chi connectivity index (χ0v) is 41.4. The third kappa shape index (κ3) is 10.9. The fourth-order valence-corrected chi connectivity index (χ4v) is 6.84. The Morgan fingerprint density at radius 1 is 0.359 bits per heavy atom. The van der Waals surface area contributed by atoms with Crippen LogP contribution >= 0.6 is 0 Å². The number of hydrogen-bond donors (Lipinski definition) is 0. The van der Waals surface area contributed by atoms with E-state index < -0.39 is 0 Å². The summed E-state index contributed by atoms with van der Waals surface area (Å²) < 4.78 is 36.5. The van der Waals surface area contributed by atoms with E-state index in [1.807, 2.05) is 109 Å². The zero-order chi connectivity index (χ0) is 45.3. The number of pyridine rings is 3. The van der Waals surface area contributed by atoms with Gasteiger partial charge >= 0.3 is 41.5 Å². The summed E-state index contributed by atoms with van der Waals surface area (Å²) in [7, 11) is -1.06.